The molecule has 3 unspecified atom stereocenters. The Kier molecular flexibility index (Phi) is 3.34. The molecule has 8 heteroatoms. The van der Waals surface area contributed by atoms with Crippen LogP contribution in [0.2, 0.25) is 0 Å². The standard InChI is InChI=1S/C18H16N4O4/c23-15-7-12(10-3-4-13-14(6-10)26-9-25-13)20-17-16(18(24)21-22(15)17)11-2-1-5-19-8-11/h1-8,16-18,20-21,24H,9H2. The first-order valence-electron chi connectivity index (χ1n) is 8.26. The van der Waals surface area contributed by atoms with E-state index < -0.39 is 12.4 Å². The fourth-order valence-electron chi connectivity index (χ4n) is 3.55. The molecule has 8 nitrogen and oxygen atoms in total. The summed E-state index contributed by atoms with van der Waals surface area (Å²) in [6.07, 6.45) is 3.54. The maximum absolute atomic E-state index is 12.6. The zero-order valence-electron chi connectivity index (χ0n) is 13.6. The van der Waals surface area contributed by atoms with Crippen LogP contribution in [0.1, 0.15) is 17.0 Å². The van der Waals surface area contributed by atoms with Crippen molar-refractivity contribution in [3.05, 3.63) is 59.9 Å². The molecule has 2 aromatic rings. The Hall–Kier alpha value is -3.10. The summed E-state index contributed by atoms with van der Waals surface area (Å²) in [7, 11) is 0. The average Bonchev–Trinajstić information content (AvgIpc) is 3.25. The second-order valence-electron chi connectivity index (χ2n) is 6.31. The highest BCUT2D eigenvalue weighted by Crippen LogP contribution is 2.37. The molecule has 0 saturated carbocycles. The highest BCUT2D eigenvalue weighted by atomic mass is 16.7. The number of fused-ring (bicyclic) bond motifs is 2. The minimum absolute atomic E-state index is 0.194. The normalized spacial score (nSPS) is 26.3. The smallest absolute Gasteiger partial charge is 0.264 e. The molecule has 1 fully saturated rings. The third-order valence-corrected chi connectivity index (χ3v) is 4.79. The molecule has 3 aliphatic rings. The molecule has 0 aliphatic carbocycles. The van der Waals surface area contributed by atoms with Crippen LogP contribution < -0.4 is 20.2 Å². The first-order chi connectivity index (χ1) is 12.7. The number of carbonyl (C=O) groups is 1. The number of aromatic nitrogens is 1. The molecule has 132 valence electrons. The monoisotopic (exact) mass is 352 g/mol. The molecule has 3 N–H and O–H groups in total. The van der Waals surface area contributed by atoms with Gasteiger partial charge in [-0.25, -0.2) is 10.4 Å². The third kappa shape index (κ3) is 2.31. The highest BCUT2D eigenvalue weighted by molar-refractivity contribution is 5.97. The second-order valence-corrected chi connectivity index (χ2v) is 6.31. The van der Waals surface area contributed by atoms with Crippen LogP contribution in [0.3, 0.4) is 0 Å². The van der Waals surface area contributed by atoms with Crippen LogP contribution >= 0.6 is 0 Å². The van der Waals surface area contributed by atoms with Gasteiger partial charge in [-0.2, -0.15) is 0 Å². The van der Waals surface area contributed by atoms with Gasteiger partial charge < -0.3 is 19.9 Å². The zero-order valence-corrected chi connectivity index (χ0v) is 13.6. The maximum atomic E-state index is 12.6. The van der Waals surface area contributed by atoms with E-state index in [9.17, 15) is 9.90 Å². The van der Waals surface area contributed by atoms with Gasteiger partial charge in [-0.1, -0.05) is 6.07 Å². The summed E-state index contributed by atoms with van der Waals surface area (Å²) in [5, 5.41) is 15.2. The Morgan fingerprint density at radius 3 is 2.96 bits per heavy atom. The minimum atomic E-state index is -0.898. The number of pyridine rings is 1. The summed E-state index contributed by atoms with van der Waals surface area (Å²) in [5.74, 6) is 0.745. The van der Waals surface area contributed by atoms with Crippen molar-refractivity contribution >= 4 is 11.6 Å². The third-order valence-electron chi connectivity index (χ3n) is 4.79. The van der Waals surface area contributed by atoms with Crippen LogP contribution in [-0.4, -0.2) is 40.2 Å². The number of benzene rings is 1. The Morgan fingerprint density at radius 1 is 1.23 bits per heavy atom. The molecular weight excluding hydrogens is 336 g/mol. The average molecular weight is 352 g/mol. The lowest BCUT2D eigenvalue weighted by Crippen LogP contribution is -2.52. The lowest BCUT2D eigenvalue weighted by molar-refractivity contribution is -0.131. The van der Waals surface area contributed by atoms with Crippen LogP contribution in [-0.2, 0) is 4.79 Å². The number of aliphatic hydroxyl groups is 1. The number of aliphatic hydroxyl groups excluding tert-OH is 1. The number of hydrogen-bond donors (Lipinski definition) is 3. The molecule has 1 amide bonds. The molecule has 3 atom stereocenters. The molecule has 3 aliphatic heterocycles. The number of nitrogens with one attached hydrogen (secondary N) is 2. The van der Waals surface area contributed by atoms with Crippen LogP contribution in [0.15, 0.2) is 48.8 Å². The van der Waals surface area contributed by atoms with E-state index >= 15 is 0 Å². The molecular formula is C18H16N4O4. The first kappa shape index (κ1) is 15.2. The largest absolute Gasteiger partial charge is 0.454 e. The van der Waals surface area contributed by atoms with Gasteiger partial charge in [0.05, 0.1) is 5.92 Å². The van der Waals surface area contributed by atoms with Gasteiger partial charge in [0.25, 0.3) is 5.91 Å². The molecule has 0 spiro atoms. The fraction of sp³-hybridized carbons (Fsp3) is 0.222. The van der Waals surface area contributed by atoms with Crippen LogP contribution in [0.4, 0.5) is 0 Å². The molecule has 1 aromatic carbocycles. The Bertz CT molecular complexity index is 901. The second kappa shape index (κ2) is 5.72. The molecule has 0 bridgehead atoms. The van der Waals surface area contributed by atoms with Crippen LogP contribution in [0.25, 0.3) is 5.70 Å². The summed E-state index contributed by atoms with van der Waals surface area (Å²) in [5.41, 5.74) is 5.15. The molecule has 0 radical (unpaired) electrons. The Labute approximate surface area is 149 Å². The van der Waals surface area contributed by atoms with E-state index in [1.807, 2.05) is 30.3 Å². The number of nitrogens with zero attached hydrogens (tertiary/aromatic N) is 2. The topological polar surface area (TPSA) is 96.0 Å². The summed E-state index contributed by atoms with van der Waals surface area (Å²) in [6.45, 7) is 0.194. The number of amides is 1. The van der Waals surface area contributed by atoms with Gasteiger partial charge in [-0.15, -0.1) is 0 Å². The van der Waals surface area contributed by atoms with E-state index in [0.717, 1.165) is 11.1 Å². The van der Waals surface area contributed by atoms with Crippen molar-refractivity contribution in [3.63, 3.8) is 0 Å². The zero-order chi connectivity index (χ0) is 17.7. The Morgan fingerprint density at radius 2 is 2.12 bits per heavy atom. The molecule has 1 aromatic heterocycles. The van der Waals surface area contributed by atoms with E-state index in [0.29, 0.717) is 17.2 Å². The van der Waals surface area contributed by atoms with E-state index in [-0.39, 0.29) is 18.6 Å². The number of rotatable bonds is 2. The van der Waals surface area contributed by atoms with E-state index in [4.69, 9.17) is 9.47 Å². The lowest BCUT2D eigenvalue weighted by Gasteiger charge is -2.32. The van der Waals surface area contributed by atoms with Crippen molar-refractivity contribution in [2.24, 2.45) is 0 Å². The fourth-order valence-corrected chi connectivity index (χ4v) is 3.55. The Balaban J connectivity index is 1.50. The molecule has 5 rings (SSSR count). The predicted octanol–water partition coefficient (Wildman–Crippen LogP) is 0.529. The summed E-state index contributed by atoms with van der Waals surface area (Å²) < 4.78 is 10.8. The summed E-state index contributed by atoms with van der Waals surface area (Å²) in [6, 6.07) is 9.22. The van der Waals surface area contributed by atoms with Gasteiger partial charge in [0.2, 0.25) is 6.79 Å². The van der Waals surface area contributed by atoms with Crippen molar-refractivity contribution in [2.75, 3.05) is 6.79 Å². The van der Waals surface area contributed by atoms with Crippen LogP contribution in [0.5, 0.6) is 11.5 Å². The van der Waals surface area contributed by atoms with E-state index in [1.54, 1.807) is 12.4 Å². The number of carbonyl (C=O) groups excluding carboxylic acids is 1. The van der Waals surface area contributed by atoms with Gasteiger partial charge in [-0.3, -0.25) is 9.78 Å². The van der Waals surface area contributed by atoms with Crippen LogP contribution in [0, 0.1) is 0 Å². The van der Waals surface area contributed by atoms with Gasteiger partial charge in [0.15, 0.2) is 11.5 Å². The SMILES string of the molecule is O=C1C=C(c2ccc3c(c2)OCO3)NC2C(c3cccnc3)C(O)NN12. The van der Waals surface area contributed by atoms with Gasteiger partial charge in [0.1, 0.15) is 12.4 Å². The minimum Gasteiger partial charge on any atom is -0.454 e. The summed E-state index contributed by atoms with van der Waals surface area (Å²) >= 11 is 0. The predicted molar refractivity (Wildman–Crippen MR) is 90.4 cm³/mol. The maximum Gasteiger partial charge on any atom is 0.264 e. The molecule has 1 saturated heterocycles. The quantitative estimate of drug-likeness (QED) is 0.725. The van der Waals surface area contributed by atoms with Gasteiger partial charge in [0, 0.05) is 29.7 Å². The van der Waals surface area contributed by atoms with Crippen molar-refractivity contribution in [3.8, 4) is 11.5 Å². The van der Waals surface area contributed by atoms with E-state index in [2.05, 4.69) is 15.7 Å². The van der Waals surface area contributed by atoms with Crippen molar-refractivity contribution < 1.29 is 19.4 Å². The highest BCUT2D eigenvalue weighted by Gasteiger charge is 2.46. The van der Waals surface area contributed by atoms with Crippen molar-refractivity contribution in [2.45, 2.75) is 18.3 Å². The summed E-state index contributed by atoms with van der Waals surface area (Å²) in [4.78, 5) is 16.7. The first-order valence-corrected chi connectivity index (χ1v) is 8.26. The van der Waals surface area contributed by atoms with Crippen molar-refractivity contribution in [1.82, 2.24) is 20.7 Å². The van der Waals surface area contributed by atoms with Gasteiger partial charge >= 0.3 is 0 Å². The number of hydrazine groups is 1. The lowest BCUT2D eigenvalue weighted by atomic mass is 9.95. The number of hydrogen-bond acceptors (Lipinski definition) is 7. The van der Waals surface area contributed by atoms with E-state index in [1.165, 1.54) is 11.1 Å². The molecule has 4 heterocycles. The van der Waals surface area contributed by atoms with Crippen molar-refractivity contribution in [1.29, 1.82) is 0 Å². The number of ether oxygens (including phenoxy) is 2. The van der Waals surface area contributed by atoms with Gasteiger partial charge in [-0.05, 0) is 29.8 Å². The molecule has 26 heavy (non-hydrogen) atoms.